The van der Waals surface area contributed by atoms with Crippen molar-refractivity contribution in [2.24, 2.45) is 0 Å². The Morgan fingerprint density at radius 3 is 2.33 bits per heavy atom. The Balaban J connectivity index is 0.000000196. The average Bonchev–Trinajstić information content (AvgIpc) is 2.84. The van der Waals surface area contributed by atoms with Crippen LogP contribution in [-0.4, -0.2) is 25.2 Å². The summed E-state index contributed by atoms with van der Waals surface area (Å²) >= 11 is 0. The molecule has 0 aliphatic rings. The number of fused-ring (bicyclic) bond motifs is 1. The van der Waals surface area contributed by atoms with Crippen molar-refractivity contribution < 1.29 is 14.6 Å². The van der Waals surface area contributed by atoms with Crippen LogP contribution in [0, 0.1) is 20.8 Å². The third-order valence-electron chi connectivity index (χ3n) is 5.84. The highest BCUT2D eigenvalue weighted by Crippen LogP contribution is 2.28. The van der Waals surface area contributed by atoms with E-state index in [2.05, 4.69) is 59.4 Å². The molecule has 0 radical (unpaired) electrons. The first-order valence-electron chi connectivity index (χ1n) is 11.0. The maximum absolute atomic E-state index is 11.4. The standard InChI is InChI=1S/C18H16O.C11H15NO2/c1-13-9-17(11-16-6-2-3-8-18(13)16)15-7-4-5-14(10-15)12-19;1-7-5-6-9(11(13)14-4)8(2)10(7)12-3/h2-11,19H,12H2,1H3;5-6,12H,1-4H3. The first-order chi connectivity index (χ1) is 15.9. The zero-order valence-corrected chi connectivity index (χ0v) is 19.9. The Bertz CT molecular complexity index is 1280. The maximum Gasteiger partial charge on any atom is 0.338 e. The predicted molar refractivity (Wildman–Crippen MR) is 137 cm³/mol. The minimum Gasteiger partial charge on any atom is -0.465 e. The minimum atomic E-state index is -0.293. The summed E-state index contributed by atoms with van der Waals surface area (Å²) in [7, 11) is 3.23. The number of anilines is 1. The topological polar surface area (TPSA) is 58.6 Å². The Hall–Kier alpha value is -3.63. The van der Waals surface area contributed by atoms with Gasteiger partial charge in [-0.05, 0) is 83.1 Å². The summed E-state index contributed by atoms with van der Waals surface area (Å²) in [5, 5.41) is 14.9. The van der Waals surface area contributed by atoms with Crippen LogP contribution in [0.1, 0.15) is 32.6 Å². The molecule has 0 amide bonds. The molecule has 4 aromatic rings. The number of hydrogen-bond donors (Lipinski definition) is 2. The molecule has 33 heavy (non-hydrogen) atoms. The van der Waals surface area contributed by atoms with E-state index in [-0.39, 0.29) is 12.6 Å². The molecular formula is C29H31NO3. The largest absolute Gasteiger partial charge is 0.465 e. The van der Waals surface area contributed by atoms with Crippen LogP contribution in [0.15, 0.2) is 72.8 Å². The van der Waals surface area contributed by atoms with Gasteiger partial charge in [0.1, 0.15) is 0 Å². The number of aliphatic hydroxyl groups excluding tert-OH is 1. The lowest BCUT2D eigenvalue weighted by atomic mass is 9.97. The van der Waals surface area contributed by atoms with Crippen molar-refractivity contribution >= 4 is 22.4 Å². The van der Waals surface area contributed by atoms with Crippen LogP contribution < -0.4 is 5.32 Å². The number of aryl methyl sites for hydroxylation is 2. The quantitative estimate of drug-likeness (QED) is 0.358. The molecule has 0 bridgehead atoms. The lowest BCUT2D eigenvalue weighted by molar-refractivity contribution is 0.0600. The van der Waals surface area contributed by atoms with E-state index >= 15 is 0 Å². The summed E-state index contributed by atoms with van der Waals surface area (Å²) in [5.74, 6) is -0.293. The van der Waals surface area contributed by atoms with E-state index in [0.29, 0.717) is 5.56 Å². The van der Waals surface area contributed by atoms with Crippen molar-refractivity contribution in [3.63, 3.8) is 0 Å². The second-order valence-corrected chi connectivity index (χ2v) is 8.04. The number of rotatable bonds is 4. The average molecular weight is 442 g/mol. The third-order valence-corrected chi connectivity index (χ3v) is 5.84. The van der Waals surface area contributed by atoms with E-state index in [1.165, 1.54) is 29.0 Å². The molecule has 0 aliphatic carbocycles. The molecule has 0 saturated heterocycles. The Kier molecular flexibility index (Phi) is 7.86. The number of hydrogen-bond acceptors (Lipinski definition) is 4. The van der Waals surface area contributed by atoms with Crippen LogP contribution >= 0.6 is 0 Å². The zero-order valence-electron chi connectivity index (χ0n) is 19.9. The molecule has 4 aromatic carbocycles. The molecule has 4 nitrogen and oxygen atoms in total. The summed E-state index contributed by atoms with van der Waals surface area (Å²) in [5.41, 5.74) is 8.24. The van der Waals surface area contributed by atoms with Gasteiger partial charge in [-0.3, -0.25) is 0 Å². The van der Waals surface area contributed by atoms with Crippen molar-refractivity contribution in [3.05, 3.63) is 101 Å². The minimum absolute atomic E-state index is 0.0837. The lowest BCUT2D eigenvalue weighted by Gasteiger charge is -2.12. The molecule has 4 heteroatoms. The lowest BCUT2D eigenvalue weighted by Crippen LogP contribution is -2.06. The molecule has 0 heterocycles. The predicted octanol–water partition coefficient (Wildman–Crippen LogP) is 6.44. The summed E-state index contributed by atoms with van der Waals surface area (Å²) in [6, 6.07) is 24.6. The molecule has 2 N–H and O–H groups in total. The van der Waals surface area contributed by atoms with Crippen LogP contribution in [0.2, 0.25) is 0 Å². The maximum atomic E-state index is 11.4. The van der Waals surface area contributed by atoms with Crippen LogP contribution in [0.3, 0.4) is 0 Å². The van der Waals surface area contributed by atoms with Gasteiger partial charge in [-0.25, -0.2) is 4.79 Å². The Labute approximate surface area is 195 Å². The van der Waals surface area contributed by atoms with Gasteiger partial charge < -0.3 is 15.2 Å². The highest BCUT2D eigenvalue weighted by atomic mass is 16.5. The van der Waals surface area contributed by atoms with Crippen molar-refractivity contribution in [1.82, 2.24) is 0 Å². The fourth-order valence-corrected chi connectivity index (χ4v) is 4.08. The van der Waals surface area contributed by atoms with Crippen molar-refractivity contribution in [3.8, 4) is 11.1 Å². The fraction of sp³-hybridized carbons (Fsp3) is 0.207. The van der Waals surface area contributed by atoms with Gasteiger partial charge in [0.05, 0.1) is 19.3 Å². The number of esters is 1. The number of ether oxygens (including phenoxy) is 1. The SMILES string of the molecule is CNc1c(C)ccc(C(=O)OC)c1C.Cc1cc(-c2cccc(CO)c2)cc2ccccc12. The highest BCUT2D eigenvalue weighted by Gasteiger charge is 2.12. The summed E-state index contributed by atoms with van der Waals surface area (Å²) in [4.78, 5) is 11.4. The number of carbonyl (C=O) groups excluding carboxylic acids is 1. The first-order valence-corrected chi connectivity index (χ1v) is 11.0. The molecule has 0 spiro atoms. The summed E-state index contributed by atoms with van der Waals surface area (Å²) < 4.78 is 4.69. The monoisotopic (exact) mass is 441 g/mol. The molecule has 170 valence electrons. The van der Waals surface area contributed by atoms with Crippen LogP contribution in [-0.2, 0) is 11.3 Å². The first kappa shape index (κ1) is 24.0. The van der Waals surface area contributed by atoms with Gasteiger partial charge in [0.15, 0.2) is 0 Å². The van der Waals surface area contributed by atoms with Gasteiger partial charge >= 0.3 is 5.97 Å². The van der Waals surface area contributed by atoms with Crippen molar-refractivity contribution in [2.45, 2.75) is 27.4 Å². The van der Waals surface area contributed by atoms with E-state index in [1.54, 1.807) is 6.07 Å². The van der Waals surface area contributed by atoms with Crippen molar-refractivity contribution in [2.75, 3.05) is 19.5 Å². The van der Waals surface area contributed by atoms with Gasteiger partial charge in [-0.2, -0.15) is 0 Å². The number of methoxy groups -OCH3 is 1. The fourth-order valence-electron chi connectivity index (χ4n) is 4.08. The molecule has 0 aromatic heterocycles. The van der Waals surface area contributed by atoms with E-state index in [0.717, 1.165) is 27.9 Å². The van der Waals surface area contributed by atoms with E-state index in [9.17, 15) is 9.90 Å². The van der Waals surface area contributed by atoms with E-state index in [1.807, 2.05) is 45.2 Å². The van der Waals surface area contributed by atoms with Gasteiger partial charge in [0, 0.05) is 12.7 Å². The van der Waals surface area contributed by atoms with Crippen LogP contribution in [0.5, 0.6) is 0 Å². The van der Waals surface area contributed by atoms with Gasteiger partial charge in [0.2, 0.25) is 0 Å². The number of carbonyl (C=O) groups is 1. The molecule has 0 saturated carbocycles. The highest BCUT2D eigenvalue weighted by molar-refractivity contribution is 5.93. The zero-order chi connectivity index (χ0) is 24.0. The van der Waals surface area contributed by atoms with Gasteiger partial charge in [-0.15, -0.1) is 0 Å². The van der Waals surface area contributed by atoms with Crippen LogP contribution in [0.25, 0.3) is 21.9 Å². The molecule has 0 unspecified atom stereocenters. The molecule has 4 rings (SSSR count). The number of aliphatic hydroxyl groups is 1. The molecule has 0 atom stereocenters. The number of nitrogens with one attached hydrogen (secondary N) is 1. The van der Waals surface area contributed by atoms with Gasteiger partial charge in [-0.1, -0.05) is 54.6 Å². The molecular weight excluding hydrogens is 410 g/mol. The number of benzene rings is 4. The normalized spacial score (nSPS) is 10.4. The van der Waals surface area contributed by atoms with E-state index < -0.39 is 0 Å². The molecule has 0 aliphatic heterocycles. The summed E-state index contributed by atoms with van der Waals surface area (Å²) in [6.45, 7) is 6.13. The van der Waals surface area contributed by atoms with Gasteiger partial charge in [0.25, 0.3) is 0 Å². The van der Waals surface area contributed by atoms with E-state index in [4.69, 9.17) is 0 Å². The third kappa shape index (κ3) is 5.41. The summed E-state index contributed by atoms with van der Waals surface area (Å²) in [6.07, 6.45) is 0. The van der Waals surface area contributed by atoms with Crippen LogP contribution in [0.4, 0.5) is 5.69 Å². The van der Waals surface area contributed by atoms with Crippen molar-refractivity contribution in [1.29, 1.82) is 0 Å². The Morgan fingerprint density at radius 1 is 0.879 bits per heavy atom. The second kappa shape index (κ2) is 10.8. The second-order valence-electron chi connectivity index (χ2n) is 8.04. The Morgan fingerprint density at radius 2 is 1.64 bits per heavy atom. The molecule has 0 fully saturated rings. The smallest absolute Gasteiger partial charge is 0.338 e.